The zero-order valence-corrected chi connectivity index (χ0v) is 10.9. The van der Waals surface area contributed by atoms with Crippen molar-refractivity contribution in [3.63, 3.8) is 0 Å². The van der Waals surface area contributed by atoms with Gasteiger partial charge in [0.1, 0.15) is 16.8 Å². The molecule has 0 fully saturated rings. The van der Waals surface area contributed by atoms with Crippen molar-refractivity contribution in [1.29, 1.82) is 0 Å². The molecule has 1 aromatic heterocycles. The van der Waals surface area contributed by atoms with E-state index in [0.717, 1.165) is 0 Å². The summed E-state index contributed by atoms with van der Waals surface area (Å²) < 4.78 is 14.1. The number of hydrogen-bond acceptors (Lipinski definition) is 3. The fraction of sp³-hybridized carbons (Fsp3) is 0. The Bertz CT molecular complexity index is 522. The van der Waals surface area contributed by atoms with Crippen LogP contribution in [0, 0.1) is 5.82 Å². The smallest absolute Gasteiger partial charge is 0.147 e. The average molecular weight is 317 g/mol. The zero-order chi connectivity index (χ0) is 12.4. The van der Waals surface area contributed by atoms with E-state index in [0.29, 0.717) is 21.7 Å². The zero-order valence-electron chi connectivity index (χ0n) is 8.55. The first-order valence-corrected chi connectivity index (χ1v) is 5.87. The molecule has 0 radical (unpaired) electrons. The third-order valence-electron chi connectivity index (χ3n) is 2.03. The molecule has 0 unspecified atom stereocenters. The van der Waals surface area contributed by atoms with E-state index in [4.69, 9.17) is 17.3 Å². The maximum absolute atomic E-state index is 13.6. The van der Waals surface area contributed by atoms with E-state index >= 15 is 0 Å². The lowest BCUT2D eigenvalue weighted by Crippen LogP contribution is -1.98. The first-order valence-electron chi connectivity index (χ1n) is 4.70. The molecule has 1 aromatic carbocycles. The van der Waals surface area contributed by atoms with Crippen LogP contribution >= 0.6 is 27.5 Å². The summed E-state index contributed by atoms with van der Waals surface area (Å²) in [4.78, 5) is 4.00. The highest BCUT2D eigenvalue weighted by Crippen LogP contribution is 2.28. The van der Waals surface area contributed by atoms with Gasteiger partial charge in [0, 0.05) is 16.2 Å². The molecule has 0 saturated carbocycles. The van der Waals surface area contributed by atoms with Crippen LogP contribution in [0.4, 0.5) is 21.6 Å². The maximum atomic E-state index is 13.6. The van der Waals surface area contributed by atoms with Gasteiger partial charge in [0.05, 0.1) is 5.69 Å². The molecule has 3 nitrogen and oxygen atoms in total. The maximum Gasteiger partial charge on any atom is 0.147 e. The van der Waals surface area contributed by atoms with Gasteiger partial charge in [-0.15, -0.1) is 0 Å². The Balaban J connectivity index is 2.38. The summed E-state index contributed by atoms with van der Waals surface area (Å²) in [5.74, 6) is 0.000483. The summed E-state index contributed by atoms with van der Waals surface area (Å²) in [7, 11) is 0. The molecule has 0 aliphatic rings. The van der Waals surface area contributed by atoms with Crippen molar-refractivity contribution in [3.05, 3.63) is 45.8 Å². The second kappa shape index (κ2) is 4.89. The van der Waals surface area contributed by atoms with Crippen LogP contribution in [0.2, 0.25) is 5.15 Å². The van der Waals surface area contributed by atoms with E-state index in [-0.39, 0.29) is 11.0 Å². The van der Waals surface area contributed by atoms with Gasteiger partial charge < -0.3 is 11.1 Å². The third kappa shape index (κ3) is 2.87. The molecule has 0 aliphatic carbocycles. The molecule has 0 atom stereocenters. The van der Waals surface area contributed by atoms with E-state index in [9.17, 15) is 4.39 Å². The lowest BCUT2D eigenvalue weighted by atomic mass is 10.3. The minimum absolute atomic E-state index is 0.250. The number of anilines is 3. The molecule has 3 N–H and O–H groups in total. The van der Waals surface area contributed by atoms with Crippen molar-refractivity contribution >= 4 is 44.7 Å². The monoisotopic (exact) mass is 315 g/mol. The number of nitrogens with zero attached hydrogens (tertiary/aromatic N) is 1. The summed E-state index contributed by atoms with van der Waals surface area (Å²) in [6.45, 7) is 0. The molecule has 6 heteroatoms. The van der Waals surface area contributed by atoms with Crippen LogP contribution in [-0.2, 0) is 0 Å². The predicted octanol–water partition coefficient (Wildman–Crippen LogP) is 3.96. The SMILES string of the molecule is Nc1cc(Cl)nc(Nc2c(F)cccc2Br)c1. The summed E-state index contributed by atoms with van der Waals surface area (Å²) in [5.41, 5.74) is 6.37. The number of rotatable bonds is 2. The van der Waals surface area contributed by atoms with Crippen molar-refractivity contribution in [1.82, 2.24) is 4.98 Å². The van der Waals surface area contributed by atoms with Crippen LogP contribution in [0.3, 0.4) is 0 Å². The number of benzene rings is 1. The first-order chi connectivity index (χ1) is 8.06. The molecule has 2 aromatic rings. The minimum atomic E-state index is -0.389. The molecule has 2 rings (SSSR count). The molecule has 0 spiro atoms. The number of nitrogen functional groups attached to an aromatic ring is 1. The molecular weight excluding hydrogens is 308 g/mol. The van der Waals surface area contributed by atoms with Crippen molar-refractivity contribution in [2.45, 2.75) is 0 Å². The van der Waals surface area contributed by atoms with Crippen LogP contribution in [0.25, 0.3) is 0 Å². The van der Waals surface area contributed by atoms with Gasteiger partial charge in [0.15, 0.2) is 0 Å². The molecular formula is C11H8BrClFN3. The number of hydrogen-bond donors (Lipinski definition) is 2. The highest BCUT2D eigenvalue weighted by atomic mass is 79.9. The van der Waals surface area contributed by atoms with E-state index in [1.807, 2.05) is 0 Å². The topological polar surface area (TPSA) is 50.9 Å². The molecule has 0 saturated heterocycles. The van der Waals surface area contributed by atoms with Gasteiger partial charge in [-0.2, -0.15) is 0 Å². The minimum Gasteiger partial charge on any atom is -0.399 e. The van der Waals surface area contributed by atoms with Gasteiger partial charge >= 0.3 is 0 Å². The summed E-state index contributed by atoms with van der Waals surface area (Å²) in [5, 5.41) is 3.07. The molecule has 1 heterocycles. The van der Waals surface area contributed by atoms with Gasteiger partial charge in [-0.25, -0.2) is 9.37 Å². The van der Waals surface area contributed by atoms with Crippen LogP contribution in [-0.4, -0.2) is 4.98 Å². The highest BCUT2D eigenvalue weighted by Gasteiger charge is 2.08. The molecule has 0 bridgehead atoms. The lowest BCUT2D eigenvalue weighted by Gasteiger charge is -2.09. The Kier molecular flexibility index (Phi) is 3.49. The number of halogens is 3. The van der Waals surface area contributed by atoms with Crippen molar-refractivity contribution in [3.8, 4) is 0 Å². The highest BCUT2D eigenvalue weighted by molar-refractivity contribution is 9.10. The van der Waals surface area contributed by atoms with Gasteiger partial charge in [0.2, 0.25) is 0 Å². The largest absolute Gasteiger partial charge is 0.399 e. The van der Waals surface area contributed by atoms with Crippen LogP contribution in [0.1, 0.15) is 0 Å². The Hall–Kier alpha value is -1.33. The number of nitrogens with one attached hydrogen (secondary N) is 1. The van der Waals surface area contributed by atoms with Gasteiger partial charge in [-0.05, 0) is 34.1 Å². The Morgan fingerprint density at radius 2 is 2.12 bits per heavy atom. The average Bonchev–Trinajstić information content (AvgIpc) is 2.22. The number of pyridine rings is 1. The van der Waals surface area contributed by atoms with Crippen molar-refractivity contribution in [2.24, 2.45) is 0 Å². The predicted molar refractivity (Wildman–Crippen MR) is 71.0 cm³/mol. The van der Waals surface area contributed by atoms with E-state index < -0.39 is 0 Å². The van der Waals surface area contributed by atoms with Crippen LogP contribution in [0.15, 0.2) is 34.8 Å². The number of nitrogens with two attached hydrogens (primary N) is 1. The second-order valence-electron chi connectivity index (χ2n) is 3.33. The number of para-hydroxylation sites is 1. The fourth-order valence-corrected chi connectivity index (χ4v) is 1.98. The van der Waals surface area contributed by atoms with Crippen LogP contribution < -0.4 is 11.1 Å². The normalized spacial score (nSPS) is 10.3. The van der Waals surface area contributed by atoms with E-state index in [1.54, 1.807) is 18.2 Å². The fourth-order valence-electron chi connectivity index (χ4n) is 1.33. The lowest BCUT2D eigenvalue weighted by molar-refractivity contribution is 0.631. The molecule has 17 heavy (non-hydrogen) atoms. The Morgan fingerprint density at radius 1 is 1.35 bits per heavy atom. The van der Waals surface area contributed by atoms with Crippen molar-refractivity contribution < 1.29 is 4.39 Å². The summed E-state index contributed by atoms with van der Waals surface area (Å²) >= 11 is 9.01. The first kappa shape index (κ1) is 12.1. The van der Waals surface area contributed by atoms with Gasteiger partial charge in [0.25, 0.3) is 0 Å². The van der Waals surface area contributed by atoms with Gasteiger partial charge in [-0.1, -0.05) is 17.7 Å². The third-order valence-corrected chi connectivity index (χ3v) is 2.89. The van der Waals surface area contributed by atoms with Crippen molar-refractivity contribution in [2.75, 3.05) is 11.1 Å². The van der Waals surface area contributed by atoms with E-state index in [2.05, 4.69) is 26.2 Å². The Labute approximate surface area is 111 Å². The molecule has 0 aliphatic heterocycles. The molecule has 88 valence electrons. The van der Waals surface area contributed by atoms with Gasteiger partial charge in [-0.3, -0.25) is 0 Å². The summed E-state index contributed by atoms with van der Waals surface area (Å²) in [6.07, 6.45) is 0. The van der Waals surface area contributed by atoms with E-state index in [1.165, 1.54) is 12.1 Å². The standard InChI is InChI=1S/C11H8BrClFN3/c12-7-2-1-3-8(14)11(7)17-10-5-6(15)4-9(13)16-10/h1-5H,(H3,15,16,17). The number of aromatic nitrogens is 1. The summed E-state index contributed by atoms with van der Waals surface area (Å²) in [6, 6.07) is 7.76. The second-order valence-corrected chi connectivity index (χ2v) is 4.57. The Morgan fingerprint density at radius 3 is 2.76 bits per heavy atom. The molecule has 0 amide bonds. The van der Waals surface area contributed by atoms with Crippen LogP contribution in [0.5, 0.6) is 0 Å². The quantitative estimate of drug-likeness (QED) is 0.825.